The van der Waals surface area contributed by atoms with Gasteiger partial charge in [-0.2, -0.15) is 0 Å². The Morgan fingerprint density at radius 3 is 2.68 bits per heavy atom. The van der Waals surface area contributed by atoms with Gasteiger partial charge in [0.15, 0.2) is 0 Å². The van der Waals surface area contributed by atoms with Gasteiger partial charge in [-0.1, -0.05) is 36.4 Å². The predicted molar refractivity (Wildman–Crippen MR) is 113 cm³/mol. The highest BCUT2D eigenvalue weighted by Crippen LogP contribution is 2.39. The van der Waals surface area contributed by atoms with Crippen LogP contribution in [0.25, 0.3) is 0 Å². The van der Waals surface area contributed by atoms with Gasteiger partial charge >= 0.3 is 6.03 Å². The topological polar surface area (TPSA) is 61.4 Å². The third-order valence-corrected chi connectivity index (χ3v) is 6.70. The molecule has 0 unspecified atom stereocenters. The number of benzene rings is 1. The fraction of sp³-hybridized carbons (Fsp3) is 0.238. The van der Waals surface area contributed by atoms with Gasteiger partial charge in [0, 0.05) is 22.8 Å². The molecule has 28 heavy (non-hydrogen) atoms. The number of rotatable bonds is 5. The van der Waals surface area contributed by atoms with Crippen LogP contribution in [0.4, 0.5) is 4.79 Å². The van der Waals surface area contributed by atoms with Crippen molar-refractivity contribution in [2.75, 3.05) is 13.1 Å². The number of nitrogens with one attached hydrogen (secondary N) is 2. The van der Waals surface area contributed by atoms with Crippen LogP contribution in [-0.2, 0) is 17.8 Å². The zero-order chi connectivity index (χ0) is 19.3. The Hall–Kier alpha value is -2.48. The number of carbonyl (C=O) groups is 2. The molecular weight excluding hydrogens is 390 g/mol. The SMILES string of the molecule is O=C(CN1CCc2sccc2[C@H]1c1cccs1)NC(=O)NCc1ccccc1. The quantitative estimate of drug-likeness (QED) is 0.672. The maximum absolute atomic E-state index is 12.5. The lowest BCUT2D eigenvalue weighted by molar-refractivity contribution is -0.121. The molecule has 0 radical (unpaired) electrons. The van der Waals surface area contributed by atoms with Crippen molar-refractivity contribution in [1.82, 2.24) is 15.5 Å². The number of fused-ring (bicyclic) bond motifs is 1. The lowest BCUT2D eigenvalue weighted by atomic mass is 9.98. The van der Waals surface area contributed by atoms with E-state index in [1.54, 1.807) is 22.7 Å². The van der Waals surface area contributed by atoms with Crippen LogP contribution in [0, 0.1) is 0 Å². The number of hydrogen-bond donors (Lipinski definition) is 2. The average molecular weight is 412 g/mol. The van der Waals surface area contributed by atoms with E-state index in [4.69, 9.17) is 0 Å². The zero-order valence-corrected chi connectivity index (χ0v) is 16.9. The van der Waals surface area contributed by atoms with Gasteiger partial charge < -0.3 is 5.32 Å². The van der Waals surface area contributed by atoms with E-state index in [2.05, 4.69) is 38.4 Å². The first-order valence-electron chi connectivity index (χ1n) is 9.16. The Morgan fingerprint density at radius 1 is 1.04 bits per heavy atom. The molecule has 2 N–H and O–H groups in total. The molecule has 2 aromatic heterocycles. The second kappa shape index (κ2) is 8.68. The van der Waals surface area contributed by atoms with Crippen LogP contribution in [0.15, 0.2) is 59.3 Å². The van der Waals surface area contributed by atoms with Crippen molar-refractivity contribution in [3.05, 3.63) is 80.2 Å². The van der Waals surface area contributed by atoms with E-state index in [9.17, 15) is 9.59 Å². The van der Waals surface area contributed by atoms with Crippen molar-refractivity contribution in [2.24, 2.45) is 0 Å². The molecule has 3 aromatic rings. The van der Waals surface area contributed by atoms with Gasteiger partial charge in [-0.3, -0.25) is 15.0 Å². The first-order valence-corrected chi connectivity index (χ1v) is 10.9. The minimum absolute atomic E-state index is 0.0770. The summed E-state index contributed by atoms with van der Waals surface area (Å²) in [7, 11) is 0. The summed E-state index contributed by atoms with van der Waals surface area (Å²) in [4.78, 5) is 29.3. The molecule has 3 heterocycles. The highest BCUT2D eigenvalue weighted by molar-refractivity contribution is 7.10. The normalized spacial score (nSPS) is 16.4. The summed E-state index contributed by atoms with van der Waals surface area (Å²) < 4.78 is 0. The maximum Gasteiger partial charge on any atom is 0.321 e. The van der Waals surface area contributed by atoms with Crippen molar-refractivity contribution in [3.8, 4) is 0 Å². The number of carbonyl (C=O) groups excluding carboxylic acids is 2. The summed E-state index contributed by atoms with van der Waals surface area (Å²) in [5, 5.41) is 9.37. The smallest absolute Gasteiger partial charge is 0.321 e. The molecule has 0 spiro atoms. The van der Waals surface area contributed by atoms with Gasteiger partial charge in [0.1, 0.15) is 0 Å². The number of thiophene rings is 2. The van der Waals surface area contributed by atoms with E-state index in [0.717, 1.165) is 18.5 Å². The summed E-state index contributed by atoms with van der Waals surface area (Å²) in [5.41, 5.74) is 2.27. The van der Waals surface area contributed by atoms with E-state index < -0.39 is 6.03 Å². The van der Waals surface area contributed by atoms with Crippen molar-refractivity contribution < 1.29 is 9.59 Å². The largest absolute Gasteiger partial charge is 0.334 e. The van der Waals surface area contributed by atoms with Crippen LogP contribution in [-0.4, -0.2) is 29.9 Å². The number of urea groups is 1. The van der Waals surface area contributed by atoms with Crippen molar-refractivity contribution in [1.29, 1.82) is 0 Å². The van der Waals surface area contributed by atoms with Crippen molar-refractivity contribution >= 4 is 34.6 Å². The molecule has 0 fully saturated rings. The molecule has 3 amide bonds. The Balaban J connectivity index is 1.37. The lowest BCUT2D eigenvalue weighted by Gasteiger charge is -2.34. The average Bonchev–Trinajstić information content (AvgIpc) is 3.39. The van der Waals surface area contributed by atoms with Gasteiger partial charge in [-0.05, 0) is 40.4 Å². The first kappa shape index (κ1) is 18.9. The molecule has 144 valence electrons. The molecule has 1 aliphatic heterocycles. The first-order chi connectivity index (χ1) is 13.7. The summed E-state index contributed by atoms with van der Waals surface area (Å²) in [5.74, 6) is -0.286. The van der Waals surface area contributed by atoms with Crippen LogP contribution in [0.5, 0.6) is 0 Å². The van der Waals surface area contributed by atoms with E-state index in [0.29, 0.717) is 6.54 Å². The van der Waals surface area contributed by atoms with Crippen molar-refractivity contribution in [2.45, 2.75) is 19.0 Å². The third kappa shape index (κ3) is 4.32. The summed E-state index contributed by atoms with van der Waals surface area (Å²) in [6.45, 7) is 1.38. The fourth-order valence-corrected chi connectivity index (χ4v) is 5.27. The second-order valence-corrected chi connectivity index (χ2v) is 8.63. The van der Waals surface area contributed by atoms with Crippen LogP contribution in [0.3, 0.4) is 0 Å². The third-order valence-electron chi connectivity index (χ3n) is 4.77. The molecule has 0 saturated heterocycles. The van der Waals surface area contributed by atoms with Crippen molar-refractivity contribution in [3.63, 3.8) is 0 Å². The van der Waals surface area contributed by atoms with E-state index in [-0.39, 0.29) is 18.5 Å². The zero-order valence-electron chi connectivity index (χ0n) is 15.3. The fourth-order valence-electron chi connectivity index (χ4n) is 3.49. The number of nitrogens with zero attached hydrogens (tertiary/aromatic N) is 1. The van der Waals surface area contributed by atoms with E-state index in [1.165, 1.54) is 15.3 Å². The second-order valence-electron chi connectivity index (χ2n) is 6.65. The standard InChI is InChI=1S/C21H21N3O2S2/c25-19(23-21(26)22-13-15-5-2-1-3-6-15)14-24-10-8-17-16(9-12-28-17)20(24)18-7-4-11-27-18/h1-7,9,11-12,20H,8,10,13-14H2,(H2,22,23,25,26)/t20-/m0/s1. The summed E-state index contributed by atoms with van der Waals surface area (Å²) >= 11 is 3.47. The van der Waals surface area contributed by atoms with Gasteiger partial charge in [0.25, 0.3) is 0 Å². The molecule has 5 nitrogen and oxygen atoms in total. The van der Waals surface area contributed by atoms with Crippen LogP contribution in [0.2, 0.25) is 0 Å². The minimum Gasteiger partial charge on any atom is -0.334 e. The summed E-state index contributed by atoms with van der Waals surface area (Å²) in [6, 6.07) is 15.5. The van der Waals surface area contributed by atoms with Gasteiger partial charge in [-0.25, -0.2) is 4.79 Å². The molecule has 0 bridgehead atoms. The van der Waals surface area contributed by atoms with E-state index in [1.807, 2.05) is 36.4 Å². The molecule has 7 heteroatoms. The predicted octanol–water partition coefficient (Wildman–Crippen LogP) is 3.78. The Morgan fingerprint density at radius 2 is 1.89 bits per heavy atom. The van der Waals surface area contributed by atoms with Gasteiger partial charge in [-0.15, -0.1) is 22.7 Å². The molecule has 0 saturated carbocycles. The molecule has 0 aliphatic carbocycles. The highest BCUT2D eigenvalue weighted by Gasteiger charge is 2.31. The highest BCUT2D eigenvalue weighted by atomic mass is 32.1. The number of imide groups is 1. The number of amides is 3. The maximum atomic E-state index is 12.5. The summed E-state index contributed by atoms with van der Waals surface area (Å²) in [6.07, 6.45) is 0.933. The molecule has 1 aromatic carbocycles. The van der Waals surface area contributed by atoms with Gasteiger partial charge in [0.05, 0.1) is 12.6 Å². The number of hydrogen-bond acceptors (Lipinski definition) is 5. The Kier molecular flexibility index (Phi) is 5.85. The lowest BCUT2D eigenvalue weighted by Crippen LogP contribution is -2.46. The van der Waals surface area contributed by atoms with Gasteiger partial charge in [0.2, 0.25) is 5.91 Å². The van der Waals surface area contributed by atoms with E-state index >= 15 is 0 Å². The molecule has 1 atom stereocenters. The van der Waals surface area contributed by atoms with Crippen LogP contribution >= 0.6 is 22.7 Å². The Bertz CT molecular complexity index is 938. The molecular formula is C21H21N3O2S2. The molecule has 4 rings (SSSR count). The van der Waals surface area contributed by atoms with Crippen LogP contribution in [0.1, 0.15) is 26.9 Å². The Labute approximate surface area is 172 Å². The molecule has 1 aliphatic rings. The monoisotopic (exact) mass is 411 g/mol. The minimum atomic E-state index is -0.463. The van der Waals surface area contributed by atoms with Crippen LogP contribution < -0.4 is 10.6 Å².